The van der Waals surface area contributed by atoms with Crippen LogP contribution in [0.3, 0.4) is 0 Å². The molecule has 2 atom stereocenters. The Labute approximate surface area is 105 Å². The molecular weight excluding hydrogens is 258 g/mol. The molecule has 0 amide bonds. The van der Waals surface area contributed by atoms with Crippen LogP contribution in [-0.4, -0.2) is 47.1 Å². The molecule has 1 aliphatic heterocycles. The van der Waals surface area contributed by atoms with Crippen LogP contribution in [0.1, 0.15) is 12.6 Å². The Balaban J connectivity index is 2.29. The smallest absolute Gasteiger partial charge is 0.308 e. The molecule has 1 aromatic rings. The third-order valence-electron chi connectivity index (χ3n) is 3.30. The molecular formula is C10H15N3O4S. The van der Waals surface area contributed by atoms with Crippen molar-refractivity contribution in [2.45, 2.75) is 18.7 Å². The first-order chi connectivity index (χ1) is 8.34. The van der Waals surface area contributed by atoms with Crippen molar-refractivity contribution in [1.29, 1.82) is 0 Å². The van der Waals surface area contributed by atoms with Crippen LogP contribution in [-0.2, 0) is 14.8 Å². The van der Waals surface area contributed by atoms with E-state index in [-0.39, 0.29) is 23.9 Å². The number of sulfonamides is 1. The molecule has 0 bridgehead atoms. The number of hydrogen-bond donors (Lipinski definition) is 2. The fourth-order valence-electron chi connectivity index (χ4n) is 2.18. The summed E-state index contributed by atoms with van der Waals surface area (Å²) in [6, 6.07) is 0. The van der Waals surface area contributed by atoms with Crippen LogP contribution in [0.15, 0.2) is 11.1 Å². The number of nitrogens with one attached hydrogen (secondary N) is 1. The number of carboxylic acid groups (broad SMARTS) is 1. The molecule has 2 N–H and O–H groups in total. The summed E-state index contributed by atoms with van der Waals surface area (Å²) in [5, 5.41) is 15.3. The molecule has 0 aliphatic carbocycles. The van der Waals surface area contributed by atoms with Crippen LogP contribution in [0.5, 0.6) is 0 Å². The second-order valence-corrected chi connectivity index (χ2v) is 6.51. The summed E-state index contributed by atoms with van der Waals surface area (Å²) in [6.45, 7) is 3.61. The summed E-state index contributed by atoms with van der Waals surface area (Å²) in [4.78, 5) is 11.1. The number of aromatic amines is 1. The van der Waals surface area contributed by atoms with Crippen molar-refractivity contribution in [3.8, 4) is 0 Å². The van der Waals surface area contributed by atoms with Crippen LogP contribution in [0.2, 0.25) is 0 Å². The summed E-state index contributed by atoms with van der Waals surface area (Å²) in [6.07, 6.45) is 1.25. The fourth-order valence-corrected chi connectivity index (χ4v) is 3.86. The van der Waals surface area contributed by atoms with Gasteiger partial charge in [0.05, 0.1) is 17.8 Å². The Morgan fingerprint density at radius 2 is 2.22 bits per heavy atom. The highest BCUT2D eigenvalue weighted by Crippen LogP contribution is 2.29. The van der Waals surface area contributed by atoms with E-state index in [0.29, 0.717) is 5.69 Å². The summed E-state index contributed by atoms with van der Waals surface area (Å²) in [5.74, 6) is -1.79. The number of carbonyl (C=O) groups is 1. The molecule has 2 heterocycles. The van der Waals surface area contributed by atoms with Gasteiger partial charge in [-0.05, 0) is 12.8 Å². The molecule has 1 fully saturated rings. The summed E-state index contributed by atoms with van der Waals surface area (Å²) >= 11 is 0. The maximum atomic E-state index is 12.3. The lowest BCUT2D eigenvalue weighted by atomic mass is 9.99. The van der Waals surface area contributed by atoms with Gasteiger partial charge in [-0.2, -0.15) is 9.40 Å². The van der Waals surface area contributed by atoms with Crippen molar-refractivity contribution in [2.75, 3.05) is 13.1 Å². The van der Waals surface area contributed by atoms with Gasteiger partial charge < -0.3 is 5.11 Å². The molecule has 2 rings (SSSR count). The Kier molecular flexibility index (Phi) is 3.16. The van der Waals surface area contributed by atoms with Crippen molar-refractivity contribution >= 4 is 16.0 Å². The SMILES string of the molecule is Cc1[nH]ncc1S(=O)(=O)N1CC(C)C(C(=O)O)C1. The highest BCUT2D eigenvalue weighted by atomic mass is 32.2. The van der Waals surface area contributed by atoms with Crippen molar-refractivity contribution in [2.24, 2.45) is 11.8 Å². The zero-order valence-corrected chi connectivity index (χ0v) is 10.9. The molecule has 0 aromatic carbocycles. The molecule has 1 aromatic heterocycles. The number of H-pyrrole nitrogens is 1. The van der Waals surface area contributed by atoms with E-state index in [2.05, 4.69) is 10.2 Å². The summed E-state index contributed by atoms with van der Waals surface area (Å²) in [5.41, 5.74) is 0.460. The quantitative estimate of drug-likeness (QED) is 0.810. The largest absolute Gasteiger partial charge is 0.481 e. The summed E-state index contributed by atoms with van der Waals surface area (Å²) < 4.78 is 25.8. The molecule has 18 heavy (non-hydrogen) atoms. The molecule has 0 saturated carbocycles. The van der Waals surface area contributed by atoms with Crippen LogP contribution in [0.4, 0.5) is 0 Å². The number of carboxylic acids is 1. The van der Waals surface area contributed by atoms with Crippen LogP contribution in [0, 0.1) is 18.8 Å². The van der Waals surface area contributed by atoms with Gasteiger partial charge in [-0.1, -0.05) is 6.92 Å². The Morgan fingerprint density at radius 1 is 1.56 bits per heavy atom. The van der Waals surface area contributed by atoms with Crippen LogP contribution >= 0.6 is 0 Å². The average Bonchev–Trinajstić information content (AvgIpc) is 2.84. The fraction of sp³-hybridized carbons (Fsp3) is 0.600. The van der Waals surface area contributed by atoms with Crippen molar-refractivity contribution in [3.05, 3.63) is 11.9 Å². The van der Waals surface area contributed by atoms with E-state index < -0.39 is 21.9 Å². The Bertz CT molecular complexity index is 565. The minimum atomic E-state index is -3.65. The number of aliphatic carboxylic acids is 1. The van der Waals surface area contributed by atoms with E-state index >= 15 is 0 Å². The average molecular weight is 273 g/mol. The predicted octanol–water partition coefficient (Wildman–Crippen LogP) is 0.0593. The van der Waals surface area contributed by atoms with Gasteiger partial charge in [0.1, 0.15) is 4.90 Å². The molecule has 1 aliphatic rings. The second kappa shape index (κ2) is 4.36. The molecule has 100 valence electrons. The van der Waals surface area contributed by atoms with Gasteiger partial charge in [0.2, 0.25) is 10.0 Å². The maximum absolute atomic E-state index is 12.3. The van der Waals surface area contributed by atoms with Gasteiger partial charge in [0, 0.05) is 13.1 Å². The van der Waals surface area contributed by atoms with E-state index in [1.807, 2.05) is 0 Å². The van der Waals surface area contributed by atoms with E-state index in [1.54, 1.807) is 13.8 Å². The highest BCUT2D eigenvalue weighted by Gasteiger charge is 2.41. The van der Waals surface area contributed by atoms with E-state index in [9.17, 15) is 13.2 Å². The topological polar surface area (TPSA) is 103 Å². The number of aryl methyl sites for hydroxylation is 1. The van der Waals surface area contributed by atoms with Crippen LogP contribution in [0.25, 0.3) is 0 Å². The molecule has 0 radical (unpaired) electrons. The normalized spacial score (nSPS) is 25.4. The molecule has 2 unspecified atom stereocenters. The first-order valence-corrected chi connectivity index (χ1v) is 7.01. The minimum absolute atomic E-state index is 0.0173. The Hall–Kier alpha value is -1.41. The van der Waals surface area contributed by atoms with E-state index in [1.165, 1.54) is 10.5 Å². The summed E-state index contributed by atoms with van der Waals surface area (Å²) in [7, 11) is -3.65. The maximum Gasteiger partial charge on any atom is 0.308 e. The van der Waals surface area contributed by atoms with Gasteiger partial charge >= 0.3 is 5.97 Å². The zero-order valence-electron chi connectivity index (χ0n) is 10.1. The van der Waals surface area contributed by atoms with Crippen molar-refractivity contribution in [3.63, 3.8) is 0 Å². The third-order valence-corrected chi connectivity index (χ3v) is 5.24. The van der Waals surface area contributed by atoms with Gasteiger partial charge in [0.15, 0.2) is 0 Å². The number of nitrogens with zero attached hydrogens (tertiary/aromatic N) is 2. The lowest BCUT2D eigenvalue weighted by molar-refractivity contribution is -0.142. The monoisotopic (exact) mass is 273 g/mol. The molecule has 8 heteroatoms. The van der Waals surface area contributed by atoms with Gasteiger partial charge in [-0.25, -0.2) is 8.42 Å². The minimum Gasteiger partial charge on any atom is -0.481 e. The number of hydrogen-bond acceptors (Lipinski definition) is 4. The third kappa shape index (κ3) is 2.01. The van der Waals surface area contributed by atoms with Crippen LogP contribution < -0.4 is 0 Å². The van der Waals surface area contributed by atoms with Gasteiger partial charge in [-0.15, -0.1) is 0 Å². The second-order valence-electron chi connectivity index (χ2n) is 4.60. The highest BCUT2D eigenvalue weighted by molar-refractivity contribution is 7.89. The van der Waals surface area contributed by atoms with E-state index in [0.717, 1.165) is 0 Å². The van der Waals surface area contributed by atoms with Gasteiger partial charge in [0.25, 0.3) is 0 Å². The first kappa shape index (κ1) is 13.0. The standard InChI is InChI=1S/C10H15N3O4S/c1-6-4-13(5-8(6)10(14)15)18(16,17)9-3-11-12-7(9)2/h3,6,8H,4-5H2,1-2H3,(H,11,12)(H,14,15). The van der Waals surface area contributed by atoms with Gasteiger partial charge in [-0.3, -0.25) is 9.89 Å². The predicted molar refractivity (Wildman–Crippen MR) is 62.4 cm³/mol. The first-order valence-electron chi connectivity index (χ1n) is 5.57. The van der Waals surface area contributed by atoms with E-state index in [4.69, 9.17) is 5.11 Å². The van der Waals surface area contributed by atoms with Crippen molar-refractivity contribution in [1.82, 2.24) is 14.5 Å². The Morgan fingerprint density at radius 3 is 2.67 bits per heavy atom. The van der Waals surface area contributed by atoms with Crippen molar-refractivity contribution < 1.29 is 18.3 Å². The molecule has 0 spiro atoms. The molecule has 7 nitrogen and oxygen atoms in total. The lowest BCUT2D eigenvalue weighted by Crippen LogP contribution is -2.30. The lowest BCUT2D eigenvalue weighted by Gasteiger charge is -2.15. The molecule has 1 saturated heterocycles. The zero-order chi connectivity index (χ0) is 13.5. The number of rotatable bonds is 3. The number of aromatic nitrogens is 2.